The number of hydrogen-bond donors (Lipinski definition) is 1. The number of thiazole rings is 1. The minimum absolute atomic E-state index is 0.537. The predicted octanol–water partition coefficient (Wildman–Crippen LogP) is 4.33. The zero-order valence-corrected chi connectivity index (χ0v) is 13.3. The molecule has 19 heavy (non-hydrogen) atoms. The maximum absolute atomic E-state index is 5.88. The Bertz CT molecular complexity index is 542. The molecule has 0 saturated heterocycles. The molecule has 0 bridgehead atoms. The monoisotopic (exact) mass is 293 g/mol. The van der Waals surface area contributed by atoms with Crippen molar-refractivity contribution in [1.29, 1.82) is 0 Å². The number of aryl methyl sites for hydroxylation is 2. The van der Waals surface area contributed by atoms with Gasteiger partial charge in [-0.3, -0.25) is 0 Å². The summed E-state index contributed by atoms with van der Waals surface area (Å²) < 4.78 is 5.88. The van der Waals surface area contributed by atoms with Gasteiger partial charge in [0.1, 0.15) is 17.4 Å². The summed E-state index contributed by atoms with van der Waals surface area (Å²) in [5, 5.41) is 1.03. The zero-order valence-electron chi connectivity index (χ0n) is 11.6. The Labute approximate surface area is 124 Å². The zero-order chi connectivity index (χ0) is 13.8. The first kappa shape index (κ1) is 14.4. The van der Waals surface area contributed by atoms with Crippen molar-refractivity contribution in [2.24, 2.45) is 0 Å². The van der Waals surface area contributed by atoms with Crippen molar-refractivity contribution in [1.82, 2.24) is 4.98 Å². The van der Waals surface area contributed by atoms with Crippen molar-refractivity contribution >= 4 is 24.0 Å². The standard InChI is InChI=1S/C15H19NOS2/c1-4-12-14(9-18)19-15(16-12)8-17-13-7-5-6-10(2)11(13)3/h5-7,18H,4,8-9H2,1-3H3. The third-order valence-electron chi connectivity index (χ3n) is 3.21. The normalized spacial score (nSPS) is 10.7. The van der Waals surface area contributed by atoms with Crippen molar-refractivity contribution in [3.63, 3.8) is 0 Å². The molecule has 2 rings (SSSR count). The van der Waals surface area contributed by atoms with Gasteiger partial charge in [0.15, 0.2) is 0 Å². The smallest absolute Gasteiger partial charge is 0.140 e. The van der Waals surface area contributed by atoms with E-state index >= 15 is 0 Å². The summed E-state index contributed by atoms with van der Waals surface area (Å²) in [6.07, 6.45) is 0.954. The molecule has 1 aromatic heterocycles. The number of ether oxygens (including phenoxy) is 1. The van der Waals surface area contributed by atoms with Crippen molar-refractivity contribution < 1.29 is 4.74 Å². The van der Waals surface area contributed by atoms with Gasteiger partial charge in [0.2, 0.25) is 0 Å². The summed E-state index contributed by atoms with van der Waals surface area (Å²) in [6, 6.07) is 6.13. The van der Waals surface area contributed by atoms with Crippen molar-refractivity contribution in [3.05, 3.63) is 44.9 Å². The molecule has 2 aromatic rings. The highest BCUT2D eigenvalue weighted by atomic mass is 32.1. The highest BCUT2D eigenvalue weighted by Crippen LogP contribution is 2.25. The van der Waals surface area contributed by atoms with Crippen LogP contribution < -0.4 is 4.74 Å². The third kappa shape index (κ3) is 3.31. The van der Waals surface area contributed by atoms with E-state index in [-0.39, 0.29) is 0 Å². The van der Waals surface area contributed by atoms with Crippen LogP contribution in [0.25, 0.3) is 0 Å². The molecule has 0 atom stereocenters. The van der Waals surface area contributed by atoms with E-state index in [0.29, 0.717) is 6.61 Å². The number of rotatable bonds is 5. The number of benzene rings is 1. The van der Waals surface area contributed by atoms with Crippen LogP contribution in [0, 0.1) is 13.8 Å². The van der Waals surface area contributed by atoms with Gasteiger partial charge in [-0.2, -0.15) is 12.6 Å². The van der Waals surface area contributed by atoms with Crippen LogP contribution in [0.15, 0.2) is 18.2 Å². The predicted molar refractivity (Wildman–Crippen MR) is 84.4 cm³/mol. The highest BCUT2D eigenvalue weighted by Gasteiger charge is 2.09. The SMILES string of the molecule is CCc1nc(COc2cccc(C)c2C)sc1CS. The fourth-order valence-corrected chi connectivity index (χ4v) is 3.22. The molecule has 2 nitrogen and oxygen atoms in total. The second-order valence-corrected chi connectivity index (χ2v) is 5.96. The van der Waals surface area contributed by atoms with E-state index in [9.17, 15) is 0 Å². The Balaban J connectivity index is 2.10. The Hall–Kier alpha value is -1.00. The molecule has 0 aliphatic carbocycles. The van der Waals surface area contributed by atoms with E-state index in [4.69, 9.17) is 4.74 Å². The molecule has 1 aromatic carbocycles. The molecule has 102 valence electrons. The maximum Gasteiger partial charge on any atom is 0.140 e. The number of aromatic nitrogens is 1. The first-order valence-corrected chi connectivity index (χ1v) is 7.88. The molecular formula is C15H19NOS2. The van der Waals surface area contributed by atoms with E-state index in [1.807, 2.05) is 12.1 Å². The Morgan fingerprint density at radius 3 is 2.74 bits per heavy atom. The lowest BCUT2D eigenvalue weighted by Gasteiger charge is -2.09. The van der Waals surface area contributed by atoms with E-state index in [1.54, 1.807) is 11.3 Å². The van der Waals surface area contributed by atoms with Gasteiger partial charge in [-0.25, -0.2) is 4.98 Å². The summed E-state index contributed by atoms with van der Waals surface area (Å²) in [6.45, 7) is 6.84. The molecule has 0 fully saturated rings. The molecule has 0 radical (unpaired) electrons. The molecule has 1 heterocycles. The lowest BCUT2D eigenvalue weighted by Crippen LogP contribution is -1.97. The summed E-state index contributed by atoms with van der Waals surface area (Å²) in [7, 11) is 0. The topological polar surface area (TPSA) is 22.1 Å². The second kappa shape index (κ2) is 6.44. The van der Waals surface area contributed by atoms with Gasteiger partial charge >= 0.3 is 0 Å². The quantitative estimate of drug-likeness (QED) is 0.829. The summed E-state index contributed by atoms with van der Waals surface area (Å²) in [5.41, 5.74) is 3.60. The van der Waals surface area contributed by atoms with Crippen LogP contribution in [0.1, 0.15) is 33.6 Å². The fraction of sp³-hybridized carbons (Fsp3) is 0.400. The largest absolute Gasteiger partial charge is 0.486 e. The van der Waals surface area contributed by atoms with Gasteiger partial charge in [-0.1, -0.05) is 19.1 Å². The molecule has 0 aliphatic heterocycles. The van der Waals surface area contributed by atoms with Gasteiger partial charge in [0, 0.05) is 10.6 Å². The number of hydrogen-bond acceptors (Lipinski definition) is 4. The van der Waals surface area contributed by atoms with Crippen molar-refractivity contribution in [2.45, 2.75) is 39.6 Å². The van der Waals surface area contributed by atoms with Crippen LogP contribution in [-0.4, -0.2) is 4.98 Å². The van der Waals surface area contributed by atoms with Crippen LogP contribution in [0.2, 0.25) is 0 Å². The fourth-order valence-electron chi connectivity index (χ4n) is 1.92. The first-order valence-electron chi connectivity index (χ1n) is 6.43. The van der Waals surface area contributed by atoms with Crippen LogP contribution >= 0.6 is 24.0 Å². The lowest BCUT2D eigenvalue weighted by atomic mass is 10.1. The Kier molecular flexibility index (Phi) is 4.88. The van der Waals surface area contributed by atoms with Crippen molar-refractivity contribution in [3.8, 4) is 5.75 Å². The summed E-state index contributed by atoms with van der Waals surface area (Å²) in [4.78, 5) is 5.87. The third-order valence-corrected chi connectivity index (χ3v) is 4.81. The molecule has 0 saturated carbocycles. The average molecular weight is 293 g/mol. The second-order valence-electron chi connectivity index (χ2n) is 4.48. The minimum Gasteiger partial charge on any atom is -0.486 e. The summed E-state index contributed by atoms with van der Waals surface area (Å²) >= 11 is 6.05. The summed E-state index contributed by atoms with van der Waals surface area (Å²) in [5.74, 6) is 1.70. The molecule has 0 spiro atoms. The minimum atomic E-state index is 0.537. The van der Waals surface area contributed by atoms with Crippen LogP contribution in [0.3, 0.4) is 0 Å². The van der Waals surface area contributed by atoms with E-state index in [2.05, 4.69) is 44.5 Å². The number of nitrogens with zero attached hydrogens (tertiary/aromatic N) is 1. The van der Waals surface area contributed by atoms with E-state index < -0.39 is 0 Å². The average Bonchev–Trinajstić information content (AvgIpc) is 2.83. The molecule has 4 heteroatoms. The van der Waals surface area contributed by atoms with Crippen molar-refractivity contribution in [2.75, 3.05) is 0 Å². The van der Waals surface area contributed by atoms with Gasteiger partial charge in [-0.05, 0) is 37.5 Å². The Morgan fingerprint density at radius 1 is 1.32 bits per heavy atom. The molecular weight excluding hydrogens is 274 g/mol. The molecule has 0 unspecified atom stereocenters. The van der Waals surface area contributed by atoms with Gasteiger partial charge in [0.05, 0.1) is 5.69 Å². The van der Waals surface area contributed by atoms with E-state index in [1.165, 1.54) is 16.0 Å². The maximum atomic E-state index is 5.88. The van der Waals surface area contributed by atoms with Crippen LogP contribution in [0.5, 0.6) is 5.75 Å². The first-order chi connectivity index (χ1) is 9.15. The van der Waals surface area contributed by atoms with Gasteiger partial charge in [-0.15, -0.1) is 11.3 Å². The van der Waals surface area contributed by atoms with Crippen LogP contribution in [-0.2, 0) is 18.8 Å². The van der Waals surface area contributed by atoms with Crippen LogP contribution in [0.4, 0.5) is 0 Å². The van der Waals surface area contributed by atoms with Gasteiger partial charge < -0.3 is 4.74 Å². The van der Waals surface area contributed by atoms with Gasteiger partial charge in [0.25, 0.3) is 0 Å². The van der Waals surface area contributed by atoms with E-state index in [0.717, 1.165) is 28.6 Å². The Morgan fingerprint density at radius 2 is 2.11 bits per heavy atom. The molecule has 0 amide bonds. The number of thiol groups is 1. The lowest BCUT2D eigenvalue weighted by molar-refractivity contribution is 0.303. The molecule has 0 aliphatic rings. The molecule has 0 N–H and O–H groups in total. The highest BCUT2D eigenvalue weighted by molar-refractivity contribution is 7.79.